The normalized spacial score (nSPS) is 24.1. The predicted molar refractivity (Wildman–Crippen MR) is 109 cm³/mol. The molecule has 0 spiro atoms. The van der Waals surface area contributed by atoms with Crippen LogP contribution in [-0.4, -0.2) is 10.2 Å². The third-order valence-corrected chi connectivity index (χ3v) is 5.58. The highest BCUT2D eigenvalue weighted by atomic mass is 16.3. The summed E-state index contributed by atoms with van der Waals surface area (Å²) in [6.45, 7) is 1.95. The maximum absolute atomic E-state index is 11.1. The summed E-state index contributed by atoms with van der Waals surface area (Å²) in [6, 6.07) is 22.3. The summed E-state index contributed by atoms with van der Waals surface area (Å²) in [6.07, 6.45) is 0.764. The van der Waals surface area contributed by atoms with E-state index in [9.17, 15) is 10.2 Å². The van der Waals surface area contributed by atoms with Crippen molar-refractivity contribution in [2.24, 2.45) is 5.41 Å². The Labute approximate surface area is 160 Å². The third-order valence-electron chi connectivity index (χ3n) is 5.58. The Hall–Kier alpha value is -2.60. The van der Waals surface area contributed by atoms with Gasteiger partial charge in [-0.25, -0.2) is 0 Å². The lowest BCUT2D eigenvalue weighted by atomic mass is 9.69. The lowest BCUT2D eigenvalue weighted by Gasteiger charge is -2.38. The Balaban J connectivity index is 1.60. The molecule has 2 N–H and O–H groups in total. The van der Waals surface area contributed by atoms with Crippen molar-refractivity contribution >= 4 is 10.8 Å². The van der Waals surface area contributed by atoms with Gasteiger partial charge in [0, 0.05) is 6.42 Å². The monoisotopic (exact) mass is 356 g/mol. The zero-order valence-electron chi connectivity index (χ0n) is 15.5. The highest BCUT2D eigenvalue weighted by Crippen LogP contribution is 2.48. The molecule has 0 saturated carbocycles. The van der Waals surface area contributed by atoms with Crippen molar-refractivity contribution < 1.29 is 10.2 Å². The van der Waals surface area contributed by atoms with Crippen molar-refractivity contribution in [2.75, 3.05) is 0 Å². The molecule has 0 amide bonds. The van der Waals surface area contributed by atoms with Gasteiger partial charge in [-0.2, -0.15) is 0 Å². The van der Waals surface area contributed by atoms with Gasteiger partial charge in [0.2, 0.25) is 0 Å². The minimum atomic E-state index is -0.704. The molecule has 3 aromatic carbocycles. The summed E-state index contributed by atoms with van der Waals surface area (Å²) in [7, 11) is 0. The summed E-state index contributed by atoms with van der Waals surface area (Å²) < 4.78 is 0. The lowest BCUT2D eigenvalue weighted by molar-refractivity contribution is 0.0105. The molecule has 0 saturated heterocycles. The van der Waals surface area contributed by atoms with Gasteiger partial charge in [0.1, 0.15) is 0 Å². The van der Waals surface area contributed by atoms with Gasteiger partial charge in [0.25, 0.3) is 0 Å². The molecule has 1 aliphatic carbocycles. The first-order chi connectivity index (χ1) is 13.1. The number of hydrogen-bond acceptors (Lipinski definition) is 2. The first kappa shape index (κ1) is 17.8. The van der Waals surface area contributed by atoms with Gasteiger partial charge in [0.15, 0.2) is 0 Å². The van der Waals surface area contributed by atoms with E-state index in [1.165, 1.54) is 5.56 Å². The maximum Gasteiger partial charge on any atom is 0.0957 e. The number of aliphatic hydroxyl groups is 2. The van der Waals surface area contributed by atoms with E-state index in [2.05, 4.69) is 24.0 Å². The molecule has 0 unspecified atom stereocenters. The van der Waals surface area contributed by atoms with E-state index in [-0.39, 0.29) is 0 Å². The molecule has 1 aliphatic rings. The van der Waals surface area contributed by atoms with Crippen LogP contribution in [-0.2, 0) is 6.42 Å². The average molecular weight is 356 g/mol. The zero-order valence-corrected chi connectivity index (χ0v) is 15.5. The van der Waals surface area contributed by atoms with E-state index in [1.54, 1.807) is 0 Å². The van der Waals surface area contributed by atoms with Crippen LogP contribution in [0.1, 0.15) is 48.7 Å². The highest BCUT2D eigenvalue weighted by Gasteiger charge is 2.41. The Morgan fingerprint density at radius 3 is 2.26 bits per heavy atom. The number of benzene rings is 3. The van der Waals surface area contributed by atoms with Gasteiger partial charge < -0.3 is 10.2 Å². The molecule has 0 bridgehead atoms. The fourth-order valence-electron chi connectivity index (χ4n) is 4.00. The van der Waals surface area contributed by atoms with Crippen molar-refractivity contribution in [1.29, 1.82) is 0 Å². The van der Waals surface area contributed by atoms with Crippen molar-refractivity contribution in [3.63, 3.8) is 0 Å². The molecule has 27 heavy (non-hydrogen) atoms. The van der Waals surface area contributed by atoms with E-state index < -0.39 is 17.6 Å². The van der Waals surface area contributed by atoms with Crippen molar-refractivity contribution in [3.05, 3.63) is 83.4 Å². The fraction of sp³-hybridized carbons (Fsp3) is 0.280. The molecule has 0 aromatic heterocycles. The smallest absolute Gasteiger partial charge is 0.0957 e. The first-order valence-corrected chi connectivity index (χ1v) is 9.49. The quantitative estimate of drug-likeness (QED) is 0.638. The van der Waals surface area contributed by atoms with Crippen LogP contribution in [0.5, 0.6) is 0 Å². The van der Waals surface area contributed by atoms with Crippen LogP contribution in [0.15, 0.2) is 66.7 Å². The van der Waals surface area contributed by atoms with Crippen LogP contribution >= 0.6 is 0 Å². The number of hydrogen-bond donors (Lipinski definition) is 2. The zero-order chi connectivity index (χ0) is 18.9. The van der Waals surface area contributed by atoms with Crippen molar-refractivity contribution in [3.8, 4) is 11.8 Å². The minimum Gasteiger partial charge on any atom is -0.388 e. The number of fused-ring (bicyclic) bond motifs is 2. The largest absolute Gasteiger partial charge is 0.388 e. The molecule has 0 radical (unpaired) electrons. The number of rotatable bonds is 2. The molecule has 3 atom stereocenters. The molecular formula is C25H24O2. The van der Waals surface area contributed by atoms with Crippen LogP contribution < -0.4 is 0 Å². The van der Waals surface area contributed by atoms with Crippen LogP contribution in [0.25, 0.3) is 10.8 Å². The van der Waals surface area contributed by atoms with E-state index in [0.717, 1.165) is 34.7 Å². The Morgan fingerprint density at radius 1 is 0.926 bits per heavy atom. The molecule has 136 valence electrons. The summed E-state index contributed by atoms with van der Waals surface area (Å²) >= 11 is 0. The van der Waals surface area contributed by atoms with E-state index in [1.807, 2.05) is 61.5 Å². The lowest BCUT2D eigenvalue weighted by Crippen LogP contribution is -2.32. The van der Waals surface area contributed by atoms with Crippen molar-refractivity contribution in [2.45, 2.75) is 38.4 Å². The van der Waals surface area contributed by atoms with Gasteiger partial charge in [-0.15, -0.1) is 5.92 Å². The van der Waals surface area contributed by atoms with Gasteiger partial charge in [-0.05, 0) is 59.4 Å². The predicted octanol–water partition coefficient (Wildman–Crippen LogP) is 4.95. The fourth-order valence-corrected chi connectivity index (χ4v) is 4.00. The topological polar surface area (TPSA) is 40.5 Å². The molecule has 4 rings (SSSR count). The summed E-state index contributed by atoms with van der Waals surface area (Å²) in [4.78, 5) is 0. The number of aliphatic hydroxyl groups excluding tert-OH is 2. The Bertz CT molecular complexity index is 1010. The van der Waals surface area contributed by atoms with Crippen LogP contribution in [0.4, 0.5) is 0 Å². The molecular weight excluding hydrogens is 332 g/mol. The van der Waals surface area contributed by atoms with Crippen molar-refractivity contribution in [1.82, 2.24) is 0 Å². The number of aryl methyl sites for hydroxylation is 1. The molecule has 3 aromatic rings. The Morgan fingerprint density at radius 2 is 1.56 bits per heavy atom. The van der Waals surface area contributed by atoms with E-state index >= 15 is 0 Å². The van der Waals surface area contributed by atoms with Gasteiger partial charge in [0.05, 0.1) is 17.6 Å². The summed E-state index contributed by atoms with van der Waals surface area (Å²) in [5, 5.41) is 23.9. The molecule has 0 heterocycles. The standard InChI is InChI=1S/C25H24O2/c1-25(14-8-7-11-18-9-3-2-4-10-18)17-23(26)21-15-19-12-5-6-13-20(19)16-22(21)24(25)27/h2-6,9-10,12-13,15-16,23-24,26-27H,7,11,17H2,1H3/t23-,24+,25+/m0/s1. The van der Waals surface area contributed by atoms with E-state index in [0.29, 0.717) is 6.42 Å². The average Bonchev–Trinajstić information content (AvgIpc) is 2.69. The highest BCUT2D eigenvalue weighted by molar-refractivity contribution is 5.84. The minimum absolute atomic E-state index is 0.442. The van der Waals surface area contributed by atoms with Crippen LogP contribution in [0, 0.1) is 17.3 Å². The van der Waals surface area contributed by atoms with Gasteiger partial charge >= 0.3 is 0 Å². The first-order valence-electron chi connectivity index (χ1n) is 9.49. The molecule has 0 aliphatic heterocycles. The molecule has 0 fully saturated rings. The maximum atomic E-state index is 11.1. The summed E-state index contributed by atoms with van der Waals surface area (Å²) in [5.41, 5.74) is 2.24. The van der Waals surface area contributed by atoms with Gasteiger partial charge in [-0.3, -0.25) is 0 Å². The van der Waals surface area contributed by atoms with E-state index in [4.69, 9.17) is 0 Å². The SMILES string of the molecule is C[C@@]1(C#CCCc2ccccc2)C[C@H](O)c2cc3ccccc3cc2[C@H]1O. The second kappa shape index (κ2) is 7.19. The van der Waals surface area contributed by atoms with Crippen LogP contribution in [0.2, 0.25) is 0 Å². The Kier molecular flexibility index (Phi) is 4.74. The molecule has 2 nitrogen and oxygen atoms in total. The molecule has 2 heteroatoms. The van der Waals surface area contributed by atoms with Crippen LogP contribution in [0.3, 0.4) is 0 Å². The second-order valence-corrected chi connectivity index (χ2v) is 7.66. The summed E-state index contributed by atoms with van der Waals surface area (Å²) in [5.74, 6) is 6.52. The van der Waals surface area contributed by atoms with Gasteiger partial charge in [-0.1, -0.05) is 60.5 Å². The third kappa shape index (κ3) is 3.49. The second-order valence-electron chi connectivity index (χ2n) is 7.66.